The number of amides is 3. The minimum atomic E-state index is -0.892. The molecule has 2 rings (SSSR count). The van der Waals surface area contributed by atoms with Crippen molar-refractivity contribution >= 4 is 23.7 Å². The van der Waals surface area contributed by atoms with E-state index in [0.29, 0.717) is 30.5 Å². The highest BCUT2D eigenvalue weighted by Crippen LogP contribution is 2.19. The maximum Gasteiger partial charge on any atom is 0.333 e. The Kier molecular flexibility index (Phi) is 6.58. The molecule has 0 spiro atoms. The normalized spacial score (nSPS) is 14.5. The zero-order valence-electron chi connectivity index (χ0n) is 14.8. The zero-order valence-corrected chi connectivity index (χ0v) is 14.8. The highest BCUT2D eigenvalue weighted by molar-refractivity contribution is 6.15. The summed E-state index contributed by atoms with van der Waals surface area (Å²) in [5.74, 6) is -2.85. The molecular formula is C17H21N3O7. The van der Waals surface area contributed by atoms with Crippen LogP contribution in [0.1, 0.15) is 32.6 Å². The average Bonchev–Trinajstić information content (AvgIpc) is 3.12. The summed E-state index contributed by atoms with van der Waals surface area (Å²) in [5.41, 5.74) is 0. The van der Waals surface area contributed by atoms with Gasteiger partial charge >= 0.3 is 5.97 Å². The number of imide groups is 1. The van der Waals surface area contributed by atoms with Crippen LogP contribution >= 0.6 is 0 Å². The van der Waals surface area contributed by atoms with Crippen LogP contribution in [-0.2, 0) is 19.2 Å². The second kappa shape index (κ2) is 8.88. The van der Waals surface area contributed by atoms with Crippen molar-refractivity contribution in [2.45, 2.75) is 38.6 Å². The number of unbranched alkanes of at least 4 members (excludes halogenated alkanes) is 2. The van der Waals surface area contributed by atoms with Gasteiger partial charge in [-0.3, -0.25) is 19.3 Å². The maximum atomic E-state index is 12.0. The van der Waals surface area contributed by atoms with Crippen LogP contribution in [0.2, 0.25) is 0 Å². The number of nitrogens with zero attached hydrogens (tertiary/aromatic N) is 2. The summed E-state index contributed by atoms with van der Waals surface area (Å²) >= 11 is 0. The van der Waals surface area contributed by atoms with Gasteiger partial charge in [-0.15, -0.1) is 4.73 Å². The second-order valence-corrected chi connectivity index (χ2v) is 5.96. The molecule has 0 bridgehead atoms. The standard InChI is InChI=1S/C17H21N3O7/c1-11(19-12(21)6-7-13(19)22)17(26)18-10-4-2-3-5-16(25)27-20-14(23)8-9-15(20)24/h6-9,11,23-24H,2-5,10H2,1H3,(H,18,26). The number of aromatic nitrogens is 1. The predicted octanol–water partition coefficient (Wildman–Crippen LogP) is -0.155. The first-order chi connectivity index (χ1) is 12.8. The smallest absolute Gasteiger partial charge is 0.333 e. The minimum Gasteiger partial charge on any atom is -0.492 e. The Balaban J connectivity index is 1.60. The SMILES string of the molecule is CC(C(=O)NCCCCCC(=O)On1c(O)ccc1O)N1C(=O)C=CC1=O. The van der Waals surface area contributed by atoms with E-state index in [-0.39, 0.29) is 18.2 Å². The van der Waals surface area contributed by atoms with Crippen LogP contribution in [-0.4, -0.2) is 56.1 Å². The average molecular weight is 379 g/mol. The molecule has 146 valence electrons. The Bertz CT molecular complexity index is 731. The van der Waals surface area contributed by atoms with Crippen LogP contribution in [0.4, 0.5) is 0 Å². The number of carbonyl (C=O) groups excluding carboxylic acids is 4. The maximum absolute atomic E-state index is 12.0. The molecule has 1 unspecified atom stereocenters. The fourth-order valence-corrected chi connectivity index (χ4v) is 2.48. The summed E-state index contributed by atoms with van der Waals surface area (Å²) in [7, 11) is 0. The molecule has 27 heavy (non-hydrogen) atoms. The lowest BCUT2D eigenvalue weighted by atomic mass is 10.2. The van der Waals surface area contributed by atoms with Gasteiger partial charge in [-0.2, -0.15) is 0 Å². The summed E-state index contributed by atoms with van der Waals surface area (Å²) in [6.45, 7) is 1.81. The molecule has 10 nitrogen and oxygen atoms in total. The molecule has 0 aromatic carbocycles. The fraction of sp³-hybridized carbons (Fsp3) is 0.412. The van der Waals surface area contributed by atoms with E-state index in [1.807, 2.05) is 0 Å². The van der Waals surface area contributed by atoms with Crippen LogP contribution in [0.15, 0.2) is 24.3 Å². The van der Waals surface area contributed by atoms with Gasteiger partial charge in [0.25, 0.3) is 11.8 Å². The number of hydrogen-bond donors (Lipinski definition) is 3. The Morgan fingerprint density at radius 2 is 1.67 bits per heavy atom. The van der Waals surface area contributed by atoms with Crippen molar-refractivity contribution in [2.24, 2.45) is 0 Å². The van der Waals surface area contributed by atoms with Crippen molar-refractivity contribution in [3.8, 4) is 11.8 Å². The molecular weight excluding hydrogens is 358 g/mol. The Labute approximate surface area is 155 Å². The van der Waals surface area contributed by atoms with Gasteiger partial charge in [0.15, 0.2) is 0 Å². The van der Waals surface area contributed by atoms with Crippen LogP contribution < -0.4 is 10.2 Å². The molecule has 1 aromatic rings. The van der Waals surface area contributed by atoms with Crippen LogP contribution in [0.25, 0.3) is 0 Å². The molecule has 1 aliphatic rings. The van der Waals surface area contributed by atoms with Crippen molar-refractivity contribution in [2.75, 3.05) is 6.54 Å². The summed E-state index contributed by atoms with van der Waals surface area (Å²) in [5, 5.41) is 21.4. The molecule has 1 aromatic heterocycles. The minimum absolute atomic E-state index is 0.0733. The molecule has 0 saturated heterocycles. The van der Waals surface area contributed by atoms with E-state index in [2.05, 4.69) is 5.32 Å². The number of aromatic hydroxyl groups is 2. The van der Waals surface area contributed by atoms with Gasteiger partial charge in [0.1, 0.15) is 6.04 Å². The largest absolute Gasteiger partial charge is 0.492 e. The Morgan fingerprint density at radius 1 is 1.07 bits per heavy atom. The van der Waals surface area contributed by atoms with Crippen LogP contribution in [0.5, 0.6) is 11.8 Å². The van der Waals surface area contributed by atoms with Crippen molar-refractivity contribution in [3.63, 3.8) is 0 Å². The first-order valence-corrected chi connectivity index (χ1v) is 8.45. The molecule has 3 N–H and O–H groups in total. The lowest BCUT2D eigenvalue weighted by molar-refractivity contribution is -0.145. The van der Waals surface area contributed by atoms with E-state index in [1.165, 1.54) is 19.1 Å². The third kappa shape index (κ3) is 5.09. The second-order valence-electron chi connectivity index (χ2n) is 5.96. The number of hydrogen-bond acceptors (Lipinski definition) is 7. The molecule has 1 atom stereocenters. The van der Waals surface area contributed by atoms with E-state index in [0.717, 1.165) is 17.1 Å². The van der Waals surface area contributed by atoms with Gasteiger partial charge in [-0.05, 0) is 19.8 Å². The molecule has 3 amide bonds. The van der Waals surface area contributed by atoms with Crippen LogP contribution in [0, 0.1) is 0 Å². The molecule has 0 fully saturated rings. The quantitative estimate of drug-likeness (QED) is 0.400. The van der Waals surface area contributed by atoms with Gasteiger partial charge < -0.3 is 20.4 Å². The molecule has 0 radical (unpaired) electrons. The van der Waals surface area contributed by atoms with E-state index < -0.39 is 29.7 Å². The first-order valence-electron chi connectivity index (χ1n) is 8.45. The summed E-state index contributed by atoms with van der Waals surface area (Å²) in [6.07, 6.45) is 4.02. The van der Waals surface area contributed by atoms with Gasteiger partial charge in [-0.1, -0.05) is 6.42 Å². The summed E-state index contributed by atoms with van der Waals surface area (Å²) < 4.78 is 0.625. The monoisotopic (exact) mass is 379 g/mol. The highest BCUT2D eigenvalue weighted by Gasteiger charge is 2.32. The van der Waals surface area contributed by atoms with Gasteiger partial charge in [-0.25, -0.2) is 4.79 Å². The van der Waals surface area contributed by atoms with Gasteiger partial charge in [0, 0.05) is 37.3 Å². The van der Waals surface area contributed by atoms with Crippen molar-refractivity contribution in [1.29, 1.82) is 0 Å². The van der Waals surface area contributed by atoms with Crippen molar-refractivity contribution in [3.05, 3.63) is 24.3 Å². The summed E-state index contributed by atoms with van der Waals surface area (Å²) in [6, 6.07) is 1.48. The fourth-order valence-electron chi connectivity index (χ4n) is 2.48. The Hall–Kier alpha value is -3.30. The third-order valence-electron chi connectivity index (χ3n) is 3.96. The van der Waals surface area contributed by atoms with E-state index in [4.69, 9.17) is 4.84 Å². The number of rotatable bonds is 9. The molecule has 1 aliphatic heterocycles. The first kappa shape index (κ1) is 20.0. The zero-order chi connectivity index (χ0) is 20.0. The lowest BCUT2D eigenvalue weighted by Crippen LogP contribution is -2.48. The highest BCUT2D eigenvalue weighted by atomic mass is 16.7. The molecule has 10 heteroatoms. The van der Waals surface area contributed by atoms with E-state index >= 15 is 0 Å². The predicted molar refractivity (Wildman–Crippen MR) is 91.3 cm³/mol. The lowest BCUT2D eigenvalue weighted by Gasteiger charge is -2.21. The van der Waals surface area contributed by atoms with Crippen molar-refractivity contribution < 1.29 is 34.2 Å². The van der Waals surface area contributed by atoms with E-state index in [1.54, 1.807) is 0 Å². The summed E-state index contributed by atoms with van der Waals surface area (Å²) in [4.78, 5) is 52.4. The van der Waals surface area contributed by atoms with E-state index in [9.17, 15) is 29.4 Å². The van der Waals surface area contributed by atoms with Crippen molar-refractivity contribution in [1.82, 2.24) is 14.9 Å². The topological polar surface area (TPSA) is 138 Å². The molecule has 2 heterocycles. The number of carbonyl (C=O) groups is 4. The third-order valence-corrected chi connectivity index (χ3v) is 3.96. The van der Waals surface area contributed by atoms with Crippen LogP contribution in [0.3, 0.4) is 0 Å². The molecule has 0 aliphatic carbocycles. The molecule has 0 saturated carbocycles. The number of nitrogens with one attached hydrogen (secondary N) is 1. The Morgan fingerprint density at radius 3 is 2.26 bits per heavy atom. The van der Waals surface area contributed by atoms with Gasteiger partial charge in [0.2, 0.25) is 17.7 Å². The van der Waals surface area contributed by atoms with Gasteiger partial charge in [0.05, 0.1) is 0 Å².